The lowest BCUT2D eigenvalue weighted by Crippen LogP contribution is -2.40. The predicted octanol–water partition coefficient (Wildman–Crippen LogP) is 1.64. The summed E-state index contributed by atoms with van der Waals surface area (Å²) in [6.07, 6.45) is 0.326. The second-order valence-corrected chi connectivity index (χ2v) is 5.80. The Labute approximate surface area is 121 Å². The molecule has 3 heterocycles. The van der Waals surface area contributed by atoms with Gasteiger partial charge in [0.25, 0.3) is 0 Å². The molecule has 1 saturated heterocycles. The van der Waals surface area contributed by atoms with Gasteiger partial charge in [-0.05, 0) is 25.8 Å². The van der Waals surface area contributed by atoms with Crippen molar-refractivity contribution in [3.05, 3.63) is 11.6 Å². The lowest BCUT2D eigenvalue weighted by Gasteiger charge is -2.30. The molecule has 1 atom stereocenters. The highest BCUT2D eigenvalue weighted by molar-refractivity contribution is 5.02. The van der Waals surface area contributed by atoms with Gasteiger partial charge in [-0.3, -0.25) is 4.90 Å². The maximum absolute atomic E-state index is 12.8. The molecule has 0 bridgehead atoms. The Kier molecular flexibility index (Phi) is 4.17. The van der Waals surface area contributed by atoms with E-state index in [2.05, 4.69) is 20.4 Å². The number of aromatic nitrogens is 3. The molecule has 1 fully saturated rings. The summed E-state index contributed by atoms with van der Waals surface area (Å²) < 4.78 is 39.5. The van der Waals surface area contributed by atoms with Crippen molar-refractivity contribution in [3.8, 4) is 0 Å². The number of rotatable bonds is 3. The molecule has 118 valence electrons. The molecule has 2 aliphatic rings. The van der Waals surface area contributed by atoms with E-state index < -0.39 is 12.0 Å². The topological polar surface area (TPSA) is 46.0 Å². The van der Waals surface area contributed by atoms with Crippen molar-refractivity contribution in [2.75, 3.05) is 19.6 Å². The molecule has 3 rings (SSSR count). The maximum Gasteiger partial charge on any atom is 0.451 e. The zero-order valence-electron chi connectivity index (χ0n) is 11.9. The molecule has 0 radical (unpaired) electrons. The molecule has 8 heteroatoms. The van der Waals surface area contributed by atoms with Crippen LogP contribution in [0.5, 0.6) is 0 Å². The second-order valence-electron chi connectivity index (χ2n) is 5.80. The van der Waals surface area contributed by atoms with Crippen molar-refractivity contribution in [3.63, 3.8) is 0 Å². The third-order valence-electron chi connectivity index (χ3n) is 4.29. The fourth-order valence-corrected chi connectivity index (χ4v) is 3.12. The zero-order valence-corrected chi connectivity index (χ0v) is 11.9. The summed E-state index contributed by atoms with van der Waals surface area (Å²) in [5, 5.41) is 10.5. The van der Waals surface area contributed by atoms with Gasteiger partial charge in [0.05, 0.1) is 6.54 Å². The molecule has 0 aromatic carbocycles. The molecule has 21 heavy (non-hydrogen) atoms. The van der Waals surface area contributed by atoms with E-state index in [1.165, 1.54) is 23.8 Å². The van der Waals surface area contributed by atoms with Crippen LogP contribution in [0.2, 0.25) is 0 Å². The summed E-state index contributed by atoms with van der Waals surface area (Å²) in [4.78, 5) is 2.17. The molecule has 0 aliphatic carbocycles. The van der Waals surface area contributed by atoms with Crippen molar-refractivity contribution in [1.29, 1.82) is 0 Å². The van der Waals surface area contributed by atoms with Gasteiger partial charge in [-0.1, -0.05) is 6.42 Å². The van der Waals surface area contributed by atoms with Crippen LogP contribution in [0.1, 0.15) is 37.3 Å². The summed E-state index contributed by atoms with van der Waals surface area (Å²) in [5.41, 5.74) is 0. The smallest absolute Gasteiger partial charge is 0.314 e. The number of piperidine rings is 1. The number of hydrogen-bond donors (Lipinski definition) is 1. The number of halogens is 3. The average molecular weight is 303 g/mol. The van der Waals surface area contributed by atoms with Crippen LogP contribution < -0.4 is 5.32 Å². The Bertz CT molecular complexity index is 479. The molecule has 1 N–H and O–H groups in total. The van der Waals surface area contributed by atoms with E-state index in [0.29, 0.717) is 31.5 Å². The van der Waals surface area contributed by atoms with Gasteiger partial charge >= 0.3 is 6.18 Å². The van der Waals surface area contributed by atoms with Gasteiger partial charge in [0.2, 0.25) is 5.82 Å². The van der Waals surface area contributed by atoms with Crippen molar-refractivity contribution < 1.29 is 13.2 Å². The normalized spacial score (nSPS) is 24.0. The van der Waals surface area contributed by atoms with Crippen molar-refractivity contribution in [1.82, 2.24) is 25.0 Å². The number of alkyl halides is 3. The number of nitrogens with zero attached hydrogens (tertiary/aromatic N) is 4. The van der Waals surface area contributed by atoms with Crippen molar-refractivity contribution >= 4 is 0 Å². The van der Waals surface area contributed by atoms with E-state index in [4.69, 9.17) is 0 Å². The Morgan fingerprint density at radius 2 is 2.05 bits per heavy atom. The zero-order chi connectivity index (χ0) is 14.9. The SMILES string of the molecule is FC(F)(F)c1nnc2n1CCN(CCC1CCCCN1)C2. The Morgan fingerprint density at radius 1 is 1.19 bits per heavy atom. The van der Waals surface area contributed by atoms with E-state index >= 15 is 0 Å². The summed E-state index contributed by atoms with van der Waals surface area (Å²) in [6.45, 7) is 3.37. The van der Waals surface area contributed by atoms with Crippen LogP contribution in [0.15, 0.2) is 0 Å². The van der Waals surface area contributed by atoms with Crippen LogP contribution in [0.25, 0.3) is 0 Å². The average Bonchev–Trinajstić information content (AvgIpc) is 2.89. The van der Waals surface area contributed by atoms with Gasteiger partial charge in [0, 0.05) is 25.7 Å². The van der Waals surface area contributed by atoms with E-state index in [1.54, 1.807) is 0 Å². The third kappa shape index (κ3) is 3.37. The molecule has 1 aromatic heterocycles. The highest BCUT2D eigenvalue weighted by Gasteiger charge is 2.39. The van der Waals surface area contributed by atoms with Crippen LogP contribution >= 0.6 is 0 Å². The molecular formula is C13H20F3N5. The van der Waals surface area contributed by atoms with Gasteiger partial charge in [-0.25, -0.2) is 0 Å². The quantitative estimate of drug-likeness (QED) is 0.922. The first-order valence-electron chi connectivity index (χ1n) is 7.49. The van der Waals surface area contributed by atoms with Crippen LogP contribution in [0.3, 0.4) is 0 Å². The Hall–Kier alpha value is -1.15. The summed E-state index contributed by atoms with van der Waals surface area (Å²) in [5.74, 6) is -0.448. The summed E-state index contributed by atoms with van der Waals surface area (Å²) in [7, 11) is 0. The fourth-order valence-electron chi connectivity index (χ4n) is 3.12. The first-order chi connectivity index (χ1) is 10.0. The molecular weight excluding hydrogens is 283 g/mol. The molecule has 0 saturated carbocycles. The minimum absolute atomic E-state index is 0.315. The highest BCUT2D eigenvalue weighted by atomic mass is 19.4. The molecule has 1 unspecified atom stereocenters. The van der Waals surface area contributed by atoms with Crippen LogP contribution in [-0.2, 0) is 19.3 Å². The standard InChI is InChI=1S/C13H20F3N5/c14-13(15,16)12-19-18-11-9-20(7-8-21(11)12)6-4-10-3-1-2-5-17-10/h10,17H,1-9H2. The van der Waals surface area contributed by atoms with E-state index in [0.717, 1.165) is 19.5 Å². The minimum atomic E-state index is -4.42. The second kappa shape index (κ2) is 5.92. The summed E-state index contributed by atoms with van der Waals surface area (Å²) in [6, 6.07) is 0.546. The van der Waals surface area contributed by atoms with Gasteiger partial charge in [-0.15, -0.1) is 10.2 Å². The van der Waals surface area contributed by atoms with Gasteiger partial charge in [0.1, 0.15) is 5.82 Å². The number of nitrogens with one attached hydrogen (secondary N) is 1. The van der Waals surface area contributed by atoms with Crippen molar-refractivity contribution in [2.45, 2.75) is 51.0 Å². The molecule has 1 aromatic rings. The predicted molar refractivity (Wildman–Crippen MR) is 70.6 cm³/mol. The minimum Gasteiger partial charge on any atom is -0.314 e. The lowest BCUT2D eigenvalue weighted by atomic mass is 10.0. The first kappa shape index (κ1) is 14.8. The van der Waals surface area contributed by atoms with Crippen LogP contribution in [0.4, 0.5) is 13.2 Å². The number of hydrogen-bond acceptors (Lipinski definition) is 4. The lowest BCUT2D eigenvalue weighted by molar-refractivity contribution is -0.148. The Balaban J connectivity index is 1.56. The van der Waals surface area contributed by atoms with E-state index in [9.17, 15) is 13.2 Å². The summed E-state index contributed by atoms with van der Waals surface area (Å²) >= 11 is 0. The van der Waals surface area contributed by atoms with Crippen molar-refractivity contribution in [2.24, 2.45) is 0 Å². The number of fused-ring (bicyclic) bond motifs is 1. The first-order valence-corrected chi connectivity index (χ1v) is 7.49. The van der Waals surface area contributed by atoms with Crippen LogP contribution in [-0.4, -0.2) is 45.3 Å². The molecule has 0 spiro atoms. The molecule has 0 amide bonds. The highest BCUT2D eigenvalue weighted by Crippen LogP contribution is 2.29. The third-order valence-corrected chi connectivity index (χ3v) is 4.29. The molecule has 5 nitrogen and oxygen atoms in total. The van der Waals surface area contributed by atoms with Gasteiger partial charge in [0.15, 0.2) is 0 Å². The van der Waals surface area contributed by atoms with Gasteiger partial charge < -0.3 is 9.88 Å². The fraction of sp³-hybridized carbons (Fsp3) is 0.846. The monoisotopic (exact) mass is 303 g/mol. The molecule has 2 aliphatic heterocycles. The Morgan fingerprint density at radius 3 is 2.76 bits per heavy atom. The van der Waals surface area contributed by atoms with E-state index in [-0.39, 0.29) is 0 Å². The van der Waals surface area contributed by atoms with E-state index in [1.807, 2.05) is 0 Å². The van der Waals surface area contributed by atoms with Crippen LogP contribution in [0, 0.1) is 0 Å². The maximum atomic E-state index is 12.8. The largest absolute Gasteiger partial charge is 0.451 e. The van der Waals surface area contributed by atoms with Gasteiger partial charge in [-0.2, -0.15) is 13.2 Å².